The van der Waals surface area contributed by atoms with Crippen LogP contribution in [0, 0.1) is 19.8 Å². The van der Waals surface area contributed by atoms with Crippen molar-refractivity contribution in [2.75, 3.05) is 13.1 Å². The van der Waals surface area contributed by atoms with Gasteiger partial charge in [0, 0.05) is 31.2 Å². The molecular weight excluding hydrogens is 316 g/mol. The standard InChI is InChI=1S/C19H34N4O2/c1-8-22(12-18(24)20-14(4)5)19(25)10-9-17-15(6)21-23(16(17)7)11-13(2)3/h13-14H,8-12H2,1-7H3,(H,20,24). The molecule has 0 aromatic carbocycles. The van der Waals surface area contributed by atoms with Gasteiger partial charge < -0.3 is 10.2 Å². The fraction of sp³-hybridized carbons (Fsp3) is 0.737. The molecule has 2 amide bonds. The minimum absolute atomic E-state index is 0.0109. The number of likely N-dealkylation sites (N-methyl/N-ethyl adjacent to an activating group) is 1. The van der Waals surface area contributed by atoms with Gasteiger partial charge in [0.1, 0.15) is 0 Å². The fourth-order valence-corrected chi connectivity index (χ4v) is 2.93. The molecular formula is C19H34N4O2. The van der Waals surface area contributed by atoms with Crippen LogP contribution in [0.15, 0.2) is 0 Å². The molecule has 0 saturated heterocycles. The number of hydrogen-bond acceptors (Lipinski definition) is 3. The number of rotatable bonds is 9. The number of aryl methyl sites for hydroxylation is 1. The average molecular weight is 351 g/mol. The van der Waals surface area contributed by atoms with Gasteiger partial charge >= 0.3 is 0 Å². The maximum Gasteiger partial charge on any atom is 0.239 e. The molecule has 6 heteroatoms. The Labute approximate surface area is 152 Å². The second-order valence-corrected chi connectivity index (χ2v) is 7.36. The predicted octanol–water partition coefficient (Wildman–Crippen LogP) is 2.46. The third kappa shape index (κ3) is 6.52. The van der Waals surface area contributed by atoms with Gasteiger partial charge in [-0.05, 0) is 52.5 Å². The third-order valence-corrected chi connectivity index (χ3v) is 4.18. The van der Waals surface area contributed by atoms with Crippen molar-refractivity contribution in [3.63, 3.8) is 0 Å². The Bertz CT molecular complexity index is 590. The van der Waals surface area contributed by atoms with Crippen molar-refractivity contribution < 1.29 is 9.59 Å². The Balaban J connectivity index is 2.68. The smallest absolute Gasteiger partial charge is 0.239 e. The topological polar surface area (TPSA) is 67.2 Å². The molecule has 6 nitrogen and oxygen atoms in total. The largest absolute Gasteiger partial charge is 0.352 e. The number of carbonyl (C=O) groups excluding carboxylic acids is 2. The Morgan fingerprint density at radius 1 is 1.20 bits per heavy atom. The van der Waals surface area contributed by atoms with E-state index in [9.17, 15) is 9.59 Å². The van der Waals surface area contributed by atoms with E-state index in [1.165, 1.54) is 0 Å². The number of nitrogens with zero attached hydrogens (tertiary/aromatic N) is 3. The van der Waals surface area contributed by atoms with Crippen LogP contribution < -0.4 is 5.32 Å². The van der Waals surface area contributed by atoms with Crippen LogP contribution >= 0.6 is 0 Å². The summed E-state index contributed by atoms with van der Waals surface area (Å²) >= 11 is 0. The quantitative estimate of drug-likeness (QED) is 0.744. The monoisotopic (exact) mass is 350 g/mol. The van der Waals surface area contributed by atoms with Gasteiger partial charge in [-0.1, -0.05) is 13.8 Å². The Kier molecular flexibility index (Phi) is 8.13. The summed E-state index contributed by atoms with van der Waals surface area (Å²) in [7, 11) is 0. The Morgan fingerprint density at radius 2 is 1.84 bits per heavy atom. The first-order valence-corrected chi connectivity index (χ1v) is 9.25. The van der Waals surface area contributed by atoms with E-state index in [4.69, 9.17) is 0 Å². The van der Waals surface area contributed by atoms with Gasteiger partial charge in [-0.15, -0.1) is 0 Å². The van der Waals surface area contributed by atoms with Crippen LogP contribution in [0.25, 0.3) is 0 Å². The highest BCUT2D eigenvalue weighted by Gasteiger charge is 2.18. The summed E-state index contributed by atoms with van der Waals surface area (Å²) in [6.07, 6.45) is 1.06. The molecule has 1 heterocycles. The van der Waals surface area contributed by atoms with E-state index in [-0.39, 0.29) is 24.4 Å². The number of carbonyl (C=O) groups is 2. The van der Waals surface area contributed by atoms with Gasteiger partial charge in [0.2, 0.25) is 11.8 Å². The van der Waals surface area contributed by atoms with Crippen LogP contribution in [0.5, 0.6) is 0 Å². The molecule has 1 N–H and O–H groups in total. The first-order valence-electron chi connectivity index (χ1n) is 9.25. The zero-order valence-electron chi connectivity index (χ0n) is 16.8. The zero-order chi connectivity index (χ0) is 19.1. The van der Waals surface area contributed by atoms with Crippen LogP contribution in [0.1, 0.15) is 58.0 Å². The number of hydrogen-bond donors (Lipinski definition) is 1. The van der Waals surface area contributed by atoms with Crippen molar-refractivity contribution in [3.8, 4) is 0 Å². The summed E-state index contributed by atoms with van der Waals surface area (Å²) in [6, 6.07) is 0.0819. The molecule has 1 aromatic rings. The lowest BCUT2D eigenvalue weighted by molar-refractivity contribution is -0.136. The lowest BCUT2D eigenvalue weighted by atomic mass is 10.1. The maximum atomic E-state index is 12.5. The normalized spacial score (nSPS) is 11.2. The number of nitrogens with one attached hydrogen (secondary N) is 1. The second-order valence-electron chi connectivity index (χ2n) is 7.36. The van der Waals surface area contributed by atoms with E-state index in [0.29, 0.717) is 25.3 Å². The summed E-state index contributed by atoms with van der Waals surface area (Å²) in [4.78, 5) is 26.0. The van der Waals surface area contributed by atoms with Crippen LogP contribution in [0.3, 0.4) is 0 Å². The minimum atomic E-state index is -0.109. The molecule has 1 rings (SSSR count). The van der Waals surface area contributed by atoms with E-state index in [1.54, 1.807) is 4.90 Å². The summed E-state index contributed by atoms with van der Waals surface area (Å²) in [5.74, 6) is 0.432. The van der Waals surface area contributed by atoms with Crippen LogP contribution in [0.2, 0.25) is 0 Å². The summed E-state index contributed by atoms with van der Waals surface area (Å²) in [6.45, 7) is 15.7. The van der Waals surface area contributed by atoms with Crippen molar-refractivity contribution in [3.05, 3.63) is 17.0 Å². The maximum absolute atomic E-state index is 12.5. The number of amides is 2. The first kappa shape index (κ1) is 21.2. The highest BCUT2D eigenvalue weighted by atomic mass is 16.2. The van der Waals surface area contributed by atoms with Crippen molar-refractivity contribution in [2.24, 2.45) is 5.92 Å². The summed E-state index contributed by atoms with van der Waals surface area (Å²) in [5.41, 5.74) is 3.28. The zero-order valence-corrected chi connectivity index (χ0v) is 16.8. The molecule has 0 bridgehead atoms. The third-order valence-electron chi connectivity index (χ3n) is 4.18. The van der Waals surface area contributed by atoms with E-state index in [1.807, 2.05) is 32.4 Å². The molecule has 0 aliphatic carbocycles. The lowest BCUT2D eigenvalue weighted by Crippen LogP contribution is -2.42. The van der Waals surface area contributed by atoms with E-state index >= 15 is 0 Å². The lowest BCUT2D eigenvalue weighted by Gasteiger charge is -2.21. The Hall–Kier alpha value is -1.85. The van der Waals surface area contributed by atoms with Crippen molar-refractivity contribution >= 4 is 11.8 Å². The average Bonchev–Trinajstić information content (AvgIpc) is 2.75. The van der Waals surface area contributed by atoms with Crippen LogP contribution in [0.4, 0.5) is 0 Å². The highest BCUT2D eigenvalue weighted by Crippen LogP contribution is 2.17. The van der Waals surface area contributed by atoms with Gasteiger partial charge in [0.25, 0.3) is 0 Å². The van der Waals surface area contributed by atoms with Gasteiger partial charge in [-0.2, -0.15) is 5.10 Å². The molecule has 142 valence electrons. The van der Waals surface area contributed by atoms with Crippen molar-refractivity contribution in [1.29, 1.82) is 0 Å². The summed E-state index contributed by atoms with van der Waals surface area (Å²) in [5, 5.41) is 7.43. The van der Waals surface area contributed by atoms with Crippen LogP contribution in [-0.4, -0.2) is 45.6 Å². The summed E-state index contributed by atoms with van der Waals surface area (Å²) < 4.78 is 2.04. The predicted molar refractivity (Wildman–Crippen MR) is 100 cm³/mol. The molecule has 0 atom stereocenters. The molecule has 0 aliphatic rings. The van der Waals surface area contributed by atoms with Gasteiger partial charge in [0.05, 0.1) is 12.2 Å². The van der Waals surface area contributed by atoms with Gasteiger partial charge in [0.15, 0.2) is 0 Å². The van der Waals surface area contributed by atoms with Gasteiger partial charge in [-0.25, -0.2) is 0 Å². The molecule has 0 radical (unpaired) electrons. The molecule has 0 fully saturated rings. The molecule has 0 unspecified atom stereocenters. The Morgan fingerprint density at radius 3 is 2.36 bits per heavy atom. The van der Waals surface area contributed by atoms with Crippen LogP contribution in [-0.2, 0) is 22.6 Å². The van der Waals surface area contributed by atoms with Gasteiger partial charge in [-0.3, -0.25) is 14.3 Å². The molecule has 25 heavy (non-hydrogen) atoms. The van der Waals surface area contributed by atoms with E-state index in [0.717, 1.165) is 23.5 Å². The second kappa shape index (κ2) is 9.59. The fourth-order valence-electron chi connectivity index (χ4n) is 2.93. The minimum Gasteiger partial charge on any atom is -0.352 e. The van der Waals surface area contributed by atoms with Crippen molar-refractivity contribution in [2.45, 2.75) is 73.9 Å². The molecule has 0 aliphatic heterocycles. The highest BCUT2D eigenvalue weighted by molar-refractivity contribution is 5.85. The molecule has 0 saturated carbocycles. The first-order chi connectivity index (χ1) is 11.6. The SMILES string of the molecule is CCN(CC(=O)NC(C)C)C(=O)CCc1c(C)nn(CC(C)C)c1C. The number of aromatic nitrogens is 2. The van der Waals surface area contributed by atoms with E-state index in [2.05, 4.69) is 31.2 Å². The van der Waals surface area contributed by atoms with Crippen molar-refractivity contribution in [1.82, 2.24) is 20.0 Å². The van der Waals surface area contributed by atoms with E-state index < -0.39 is 0 Å². The molecule has 0 spiro atoms. The molecule has 1 aromatic heterocycles.